The number of carbonyl (C=O) groups is 1. The van der Waals surface area contributed by atoms with Crippen molar-refractivity contribution < 1.29 is 27.6 Å². The molecule has 0 unspecified atom stereocenters. The van der Waals surface area contributed by atoms with Crippen molar-refractivity contribution in [2.75, 3.05) is 7.05 Å². The molecule has 8 nitrogen and oxygen atoms in total. The highest BCUT2D eigenvalue weighted by atomic mass is 35.5. The number of hydrogen-bond acceptors (Lipinski definition) is 6. The number of aromatic nitrogens is 1. The Morgan fingerprint density at radius 1 is 1.07 bits per heavy atom. The van der Waals surface area contributed by atoms with Crippen LogP contribution in [0.25, 0.3) is 11.3 Å². The van der Waals surface area contributed by atoms with Gasteiger partial charge in [0.2, 0.25) is 10.0 Å². The van der Waals surface area contributed by atoms with Gasteiger partial charge in [0.1, 0.15) is 23.8 Å². The number of carboxylic acids is 1. The molecule has 1 fully saturated rings. The molecule has 210 valence electrons. The normalized spacial score (nSPS) is 13.0. The predicted molar refractivity (Wildman–Crippen MR) is 155 cm³/mol. The summed E-state index contributed by atoms with van der Waals surface area (Å²) in [6, 6.07) is 13.8. The second-order valence-electron chi connectivity index (χ2n) is 9.18. The molecule has 4 aromatic rings. The minimum atomic E-state index is -3.88. The van der Waals surface area contributed by atoms with Crippen LogP contribution in [0.15, 0.2) is 64.0 Å². The molecular weight excluding hydrogens is 611 g/mol. The largest absolute Gasteiger partial charge is 0.489 e. The van der Waals surface area contributed by atoms with E-state index < -0.39 is 16.0 Å². The summed E-state index contributed by atoms with van der Waals surface area (Å²) in [6.07, 6.45) is 1.99. The molecule has 0 saturated heterocycles. The summed E-state index contributed by atoms with van der Waals surface area (Å²) in [5.41, 5.74) is 2.28. The molecule has 1 saturated carbocycles. The fourth-order valence-corrected chi connectivity index (χ4v) is 5.69. The molecule has 0 bridgehead atoms. The fraction of sp³-hybridized carbons (Fsp3) is 0.172. The summed E-state index contributed by atoms with van der Waals surface area (Å²) >= 11 is 19.3. The zero-order valence-electron chi connectivity index (χ0n) is 21.4. The average molecular weight is 632 g/mol. The van der Waals surface area contributed by atoms with Crippen LogP contribution in [0.2, 0.25) is 15.1 Å². The molecule has 0 radical (unpaired) electrons. The zero-order valence-corrected chi connectivity index (χ0v) is 24.5. The molecule has 1 aromatic heterocycles. The lowest BCUT2D eigenvalue weighted by Gasteiger charge is -2.10. The Morgan fingerprint density at radius 2 is 1.80 bits per heavy atom. The number of carboxylic acid groups (broad SMARTS) is 1. The predicted octanol–water partition coefficient (Wildman–Crippen LogP) is 6.76. The molecule has 0 aliphatic heterocycles. The quantitative estimate of drug-likeness (QED) is 0.206. The molecule has 1 aliphatic carbocycles. The van der Waals surface area contributed by atoms with E-state index in [2.05, 4.69) is 21.7 Å². The van der Waals surface area contributed by atoms with E-state index in [1.54, 1.807) is 36.4 Å². The number of ether oxygens (including phenoxy) is 1. The highest BCUT2D eigenvalue weighted by molar-refractivity contribution is 7.89. The Bertz CT molecular complexity index is 1820. The number of aromatic carboxylic acids is 1. The van der Waals surface area contributed by atoms with E-state index in [1.165, 1.54) is 19.2 Å². The topological polar surface area (TPSA) is 119 Å². The first-order chi connectivity index (χ1) is 19.6. The Hall–Kier alpha value is -3.52. The van der Waals surface area contributed by atoms with Crippen molar-refractivity contribution in [1.82, 2.24) is 9.88 Å². The second-order valence-corrected chi connectivity index (χ2v) is 12.3. The molecule has 12 heteroatoms. The molecule has 0 amide bonds. The molecule has 0 spiro atoms. The minimum Gasteiger partial charge on any atom is -0.489 e. The highest BCUT2D eigenvalue weighted by Crippen LogP contribution is 2.46. The lowest BCUT2D eigenvalue weighted by atomic mass is 10.0. The van der Waals surface area contributed by atoms with Gasteiger partial charge in [0, 0.05) is 28.7 Å². The third kappa shape index (κ3) is 6.38. The minimum absolute atomic E-state index is 0.137. The van der Waals surface area contributed by atoms with Crippen LogP contribution >= 0.6 is 34.8 Å². The van der Waals surface area contributed by atoms with Gasteiger partial charge in [-0.1, -0.05) is 57.9 Å². The van der Waals surface area contributed by atoms with Crippen molar-refractivity contribution in [3.63, 3.8) is 0 Å². The van der Waals surface area contributed by atoms with E-state index in [0.717, 1.165) is 30.2 Å². The van der Waals surface area contributed by atoms with Gasteiger partial charge in [-0.3, -0.25) is 0 Å². The molecule has 5 rings (SSSR count). The third-order valence-electron chi connectivity index (χ3n) is 6.36. The van der Waals surface area contributed by atoms with Gasteiger partial charge < -0.3 is 14.4 Å². The maximum absolute atomic E-state index is 12.2. The van der Waals surface area contributed by atoms with Gasteiger partial charge >= 0.3 is 5.97 Å². The van der Waals surface area contributed by atoms with Crippen molar-refractivity contribution in [2.45, 2.75) is 30.3 Å². The Morgan fingerprint density at radius 3 is 2.44 bits per heavy atom. The molecule has 1 aliphatic rings. The second kappa shape index (κ2) is 11.8. The van der Waals surface area contributed by atoms with Gasteiger partial charge in [0.05, 0.1) is 31.1 Å². The van der Waals surface area contributed by atoms with Crippen LogP contribution in [0.3, 0.4) is 0 Å². The van der Waals surface area contributed by atoms with Crippen molar-refractivity contribution in [1.29, 1.82) is 0 Å². The molecular formula is C29H21Cl3N2O6S. The molecule has 0 atom stereocenters. The lowest BCUT2D eigenvalue weighted by molar-refractivity contribution is 0.0696. The summed E-state index contributed by atoms with van der Waals surface area (Å²) in [5.74, 6) is 5.85. The van der Waals surface area contributed by atoms with Crippen molar-refractivity contribution in [3.8, 4) is 28.8 Å². The van der Waals surface area contributed by atoms with Gasteiger partial charge in [0.15, 0.2) is 0 Å². The number of halogens is 3. The summed E-state index contributed by atoms with van der Waals surface area (Å²) in [4.78, 5) is 11.3. The first-order valence-corrected chi connectivity index (χ1v) is 14.9. The van der Waals surface area contributed by atoms with Gasteiger partial charge in [-0.15, -0.1) is 0 Å². The molecule has 1 heterocycles. The van der Waals surface area contributed by atoms with Gasteiger partial charge in [0.25, 0.3) is 0 Å². The first-order valence-electron chi connectivity index (χ1n) is 12.3. The monoisotopic (exact) mass is 630 g/mol. The summed E-state index contributed by atoms with van der Waals surface area (Å²) < 4.78 is 38.4. The number of nitrogens with zero attached hydrogens (tertiary/aromatic N) is 1. The smallest absolute Gasteiger partial charge is 0.335 e. The molecule has 3 aromatic carbocycles. The summed E-state index contributed by atoms with van der Waals surface area (Å²) in [6.45, 7) is 0.137. The number of hydrogen-bond donors (Lipinski definition) is 2. The van der Waals surface area contributed by atoms with Crippen molar-refractivity contribution >= 4 is 50.8 Å². The SMILES string of the molecule is CNS(=O)(=O)c1cc(C#Cc2ccc(OCc3c(-c4c(Cl)cccc4Cl)noc3C3CC3)cc2Cl)cc(C(=O)O)c1. The van der Waals surface area contributed by atoms with E-state index in [1.807, 2.05) is 0 Å². The molecule has 41 heavy (non-hydrogen) atoms. The van der Waals surface area contributed by atoms with Crippen LogP contribution in [-0.2, 0) is 16.6 Å². The Labute approximate surface area is 251 Å². The van der Waals surface area contributed by atoms with Gasteiger partial charge in [-0.25, -0.2) is 17.9 Å². The lowest BCUT2D eigenvalue weighted by Crippen LogP contribution is -2.19. The summed E-state index contributed by atoms with van der Waals surface area (Å²) in [5, 5.41) is 14.8. The Balaban J connectivity index is 1.40. The van der Waals surface area contributed by atoms with E-state index in [4.69, 9.17) is 44.1 Å². The van der Waals surface area contributed by atoms with E-state index in [9.17, 15) is 18.3 Å². The number of benzene rings is 3. The number of nitrogens with one attached hydrogen (secondary N) is 1. The van der Waals surface area contributed by atoms with Crippen LogP contribution in [0, 0.1) is 11.8 Å². The van der Waals surface area contributed by atoms with Crippen molar-refractivity contribution in [3.05, 3.63) is 97.7 Å². The number of rotatable bonds is 8. The Kier molecular flexibility index (Phi) is 8.32. The average Bonchev–Trinajstić information content (AvgIpc) is 3.71. The summed E-state index contributed by atoms with van der Waals surface area (Å²) in [7, 11) is -2.64. The first kappa shape index (κ1) is 29.0. The van der Waals surface area contributed by atoms with Crippen LogP contribution in [0.1, 0.15) is 51.6 Å². The molecule has 2 N–H and O–H groups in total. The van der Waals surface area contributed by atoms with E-state index in [0.29, 0.717) is 32.6 Å². The van der Waals surface area contributed by atoms with E-state index >= 15 is 0 Å². The fourth-order valence-electron chi connectivity index (χ4n) is 4.10. The maximum atomic E-state index is 12.2. The van der Waals surface area contributed by atoms with Crippen LogP contribution in [0.4, 0.5) is 0 Å². The van der Waals surface area contributed by atoms with Crippen molar-refractivity contribution in [2.24, 2.45) is 0 Å². The van der Waals surface area contributed by atoms with Gasteiger partial charge in [-0.2, -0.15) is 0 Å². The zero-order chi connectivity index (χ0) is 29.3. The standard InChI is InChI=1S/C29H21Cl3N2O6S/c1-33-41(37,38)21-12-16(11-19(13-21)29(35)36)5-6-17-9-10-20(14-25(17)32)39-15-22-27(34-40-28(22)18-7-8-18)26-23(30)3-2-4-24(26)31/h2-4,9-14,18,33H,7-8,15H2,1H3,(H,35,36). The van der Waals surface area contributed by atoms with Crippen LogP contribution < -0.4 is 9.46 Å². The maximum Gasteiger partial charge on any atom is 0.335 e. The van der Waals surface area contributed by atoms with Crippen LogP contribution in [-0.4, -0.2) is 31.7 Å². The third-order valence-corrected chi connectivity index (χ3v) is 8.70. The highest BCUT2D eigenvalue weighted by Gasteiger charge is 2.33. The number of sulfonamides is 1. The van der Waals surface area contributed by atoms with Gasteiger partial charge in [-0.05, 0) is 62.4 Å². The van der Waals surface area contributed by atoms with E-state index in [-0.39, 0.29) is 33.6 Å². The van der Waals surface area contributed by atoms with Crippen LogP contribution in [0.5, 0.6) is 5.75 Å².